The minimum atomic E-state index is -0.542. The first kappa shape index (κ1) is 40.0. The Morgan fingerprint density at radius 1 is 1.13 bits per heavy atom. The van der Waals surface area contributed by atoms with Gasteiger partial charge in [0.2, 0.25) is 0 Å². The molecule has 47 heavy (non-hydrogen) atoms. The van der Waals surface area contributed by atoms with Crippen LogP contribution in [0.3, 0.4) is 0 Å². The first-order chi connectivity index (χ1) is 22.2. The van der Waals surface area contributed by atoms with E-state index >= 15 is 0 Å². The van der Waals surface area contributed by atoms with Crippen molar-refractivity contribution < 1.29 is 18.8 Å². The van der Waals surface area contributed by atoms with Crippen LogP contribution in [0.2, 0.25) is 0 Å². The van der Waals surface area contributed by atoms with Crippen molar-refractivity contribution in [3.63, 3.8) is 0 Å². The Hall–Kier alpha value is -3.21. The highest BCUT2D eigenvalue weighted by molar-refractivity contribution is 7.96. The lowest BCUT2D eigenvalue weighted by Gasteiger charge is -2.38. The number of non-ortho nitro benzene ring substituents is 1. The summed E-state index contributed by atoms with van der Waals surface area (Å²) in [4.78, 5) is 26.2. The van der Waals surface area contributed by atoms with Gasteiger partial charge in [0.15, 0.2) is 0 Å². The molecule has 10 heteroatoms. The highest BCUT2D eigenvalue weighted by Crippen LogP contribution is 2.47. The molecule has 1 atom stereocenters. The third kappa shape index (κ3) is 13.8. The minimum absolute atomic E-state index is 0.137. The molecule has 2 aliphatic rings. The van der Waals surface area contributed by atoms with E-state index in [1.807, 2.05) is 20.8 Å². The van der Waals surface area contributed by atoms with E-state index in [9.17, 15) is 19.3 Å². The second-order valence-electron chi connectivity index (χ2n) is 13.3. The number of likely N-dealkylation sites (tertiary alicyclic amines) is 1. The minimum Gasteiger partial charge on any atom is -0.443 e. The molecule has 0 aliphatic carbocycles. The Morgan fingerprint density at radius 2 is 1.77 bits per heavy atom. The van der Waals surface area contributed by atoms with Gasteiger partial charge in [-0.05, 0) is 116 Å². The zero-order valence-corrected chi connectivity index (χ0v) is 30.4. The third-order valence-electron chi connectivity index (χ3n) is 8.07. The largest absolute Gasteiger partial charge is 0.443 e. The first-order valence-electron chi connectivity index (χ1n) is 16.4. The van der Waals surface area contributed by atoms with Crippen LogP contribution in [0.15, 0.2) is 72.8 Å². The fourth-order valence-corrected chi connectivity index (χ4v) is 5.90. The number of hydrogen-bond donors (Lipinski definition) is 0. The van der Waals surface area contributed by atoms with Gasteiger partial charge >= 0.3 is 6.09 Å². The van der Waals surface area contributed by atoms with Crippen molar-refractivity contribution in [3.8, 4) is 0 Å². The SMILES string of the molecule is CC/C=C\C/C=C\CC(C)CN(C)SC.CN1CCC2(CC1)CN(C(=O)OC(C)(C)C)c1ccc(F)cc12.O=[N+]([O-])c1ccccc1. The third-order valence-corrected chi connectivity index (χ3v) is 8.84. The van der Waals surface area contributed by atoms with Gasteiger partial charge in [-0.1, -0.05) is 68.3 Å². The summed E-state index contributed by atoms with van der Waals surface area (Å²) in [6, 6.07) is 12.7. The van der Waals surface area contributed by atoms with Crippen molar-refractivity contribution in [1.82, 2.24) is 9.21 Å². The van der Waals surface area contributed by atoms with Crippen LogP contribution >= 0.6 is 11.9 Å². The number of benzene rings is 2. The number of nitro groups is 1. The number of anilines is 1. The van der Waals surface area contributed by atoms with Crippen molar-refractivity contribution >= 4 is 29.4 Å². The number of para-hydroxylation sites is 1. The number of piperidine rings is 1. The number of allylic oxidation sites excluding steroid dienone is 4. The molecule has 8 nitrogen and oxygen atoms in total. The molecule has 2 aromatic rings. The van der Waals surface area contributed by atoms with Gasteiger partial charge in [-0.25, -0.2) is 9.18 Å². The zero-order chi connectivity index (χ0) is 35.0. The standard InChI is InChI=1S/C18H25FN2O2.C13H25NS.C6H5NO2/c1-17(2,3)23-16(22)21-12-18(7-9-20(4)10-8-18)14-11-13(19)5-6-15(14)21;1-5-6-7-8-9-10-11-13(2)12-14(3)15-4;8-7(9)6-4-2-1-3-5-6/h5-6,11H,7-10,12H2,1-4H3;6-7,9-10,13H,5,8,11-12H2,1-4H3;1-5H/b;7-6-,10-9-;. The molecule has 0 radical (unpaired) electrons. The molecule has 2 aliphatic heterocycles. The topological polar surface area (TPSA) is 79.2 Å². The first-order valence-corrected chi connectivity index (χ1v) is 17.6. The molecule has 0 aromatic heterocycles. The lowest BCUT2D eigenvalue weighted by atomic mass is 9.74. The second-order valence-corrected chi connectivity index (χ2v) is 14.3. The molecule has 0 bridgehead atoms. The Morgan fingerprint density at radius 3 is 2.32 bits per heavy atom. The molecule has 1 unspecified atom stereocenters. The monoisotopic (exact) mass is 670 g/mol. The van der Waals surface area contributed by atoms with E-state index in [4.69, 9.17) is 4.74 Å². The summed E-state index contributed by atoms with van der Waals surface area (Å²) in [5, 5.41) is 10.0. The number of fused-ring (bicyclic) bond motifs is 2. The Balaban J connectivity index is 0.000000275. The molecule has 1 amide bonds. The van der Waals surface area contributed by atoms with Gasteiger partial charge in [-0.3, -0.25) is 19.3 Å². The average molecular weight is 671 g/mol. The van der Waals surface area contributed by atoms with Crippen LogP contribution in [0.4, 0.5) is 20.6 Å². The van der Waals surface area contributed by atoms with Gasteiger partial charge in [-0.2, -0.15) is 0 Å². The fourth-order valence-electron chi connectivity index (χ4n) is 5.50. The smallest absolute Gasteiger partial charge is 0.414 e. The van der Waals surface area contributed by atoms with Crippen LogP contribution in [0, 0.1) is 21.8 Å². The van der Waals surface area contributed by atoms with E-state index in [1.165, 1.54) is 24.6 Å². The molecule has 2 aromatic carbocycles. The molecule has 0 saturated carbocycles. The van der Waals surface area contributed by atoms with Gasteiger partial charge in [0.25, 0.3) is 5.69 Å². The fraction of sp³-hybridized carbons (Fsp3) is 0.541. The molecule has 2 heterocycles. The number of ether oxygens (including phenoxy) is 1. The number of rotatable bonds is 9. The number of carbonyl (C=O) groups is 1. The molecule has 1 spiro atoms. The number of amides is 1. The van der Waals surface area contributed by atoms with Gasteiger partial charge < -0.3 is 9.64 Å². The number of halogens is 1. The summed E-state index contributed by atoms with van der Waals surface area (Å²) in [5.41, 5.74) is 1.19. The van der Waals surface area contributed by atoms with E-state index < -0.39 is 10.5 Å². The lowest BCUT2D eigenvalue weighted by Crippen LogP contribution is -2.45. The predicted molar refractivity (Wildman–Crippen MR) is 195 cm³/mol. The number of hydrogen-bond acceptors (Lipinski definition) is 7. The van der Waals surface area contributed by atoms with Crippen LogP contribution in [0.25, 0.3) is 0 Å². The summed E-state index contributed by atoms with van der Waals surface area (Å²) >= 11 is 1.80. The molecular weight excluding hydrogens is 615 g/mol. The summed E-state index contributed by atoms with van der Waals surface area (Å²) < 4.78 is 21.7. The maximum Gasteiger partial charge on any atom is 0.414 e. The maximum atomic E-state index is 13.8. The van der Waals surface area contributed by atoms with Crippen LogP contribution < -0.4 is 4.90 Å². The highest BCUT2D eigenvalue weighted by Gasteiger charge is 2.47. The van der Waals surface area contributed by atoms with Gasteiger partial charge in [0.05, 0.1) is 10.6 Å². The quantitative estimate of drug-likeness (QED) is 0.114. The summed E-state index contributed by atoms with van der Waals surface area (Å²) in [5.74, 6) is 0.502. The number of nitro benzene ring substituents is 1. The van der Waals surface area contributed by atoms with Gasteiger partial charge in [0.1, 0.15) is 11.4 Å². The van der Waals surface area contributed by atoms with E-state index in [0.29, 0.717) is 6.54 Å². The van der Waals surface area contributed by atoms with E-state index in [1.54, 1.807) is 47.2 Å². The van der Waals surface area contributed by atoms with Crippen molar-refractivity contribution in [3.05, 3.63) is 94.3 Å². The summed E-state index contributed by atoms with van der Waals surface area (Å²) in [6.07, 6.45) is 16.1. The molecule has 4 rings (SSSR count). The Bertz CT molecular complexity index is 1310. The maximum absolute atomic E-state index is 13.8. The van der Waals surface area contributed by atoms with Crippen molar-refractivity contribution in [1.29, 1.82) is 0 Å². The number of carbonyl (C=O) groups excluding carboxylic acids is 1. The average Bonchev–Trinajstić information content (AvgIpc) is 3.33. The molecule has 1 fully saturated rings. The van der Waals surface area contributed by atoms with Gasteiger partial charge in [0, 0.05) is 30.6 Å². The van der Waals surface area contributed by atoms with E-state index in [2.05, 4.69) is 67.7 Å². The predicted octanol–water partition coefficient (Wildman–Crippen LogP) is 9.27. The second kappa shape index (κ2) is 19.6. The van der Waals surface area contributed by atoms with Crippen LogP contribution in [0.5, 0.6) is 0 Å². The van der Waals surface area contributed by atoms with E-state index in [-0.39, 0.29) is 23.0 Å². The van der Waals surface area contributed by atoms with Crippen LogP contribution in [-0.4, -0.2) is 72.4 Å². The lowest BCUT2D eigenvalue weighted by molar-refractivity contribution is -0.384. The summed E-state index contributed by atoms with van der Waals surface area (Å²) in [6.45, 7) is 13.7. The number of nitrogens with zero attached hydrogens (tertiary/aromatic N) is 4. The zero-order valence-electron chi connectivity index (χ0n) is 29.6. The normalized spacial score (nSPS) is 16.4. The highest BCUT2D eigenvalue weighted by atomic mass is 32.2. The van der Waals surface area contributed by atoms with Gasteiger partial charge in [-0.15, -0.1) is 0 Å². The van der Waals surface area contributed by atoms with Crippen molar-refractivity contribution in [2.45, 2.75) is 77.7 Å². The van der Waals surface area contributed by atoms with E-state index in [0.717, 1.165) is 62.5 Å². The van der Waals surface area contributed by atoms with Crippen molar-refractivity contribution in [2.24, 2.45) is 5.92 Å². The molecule has 260 valence electrons. The summed E-state index contributed by atoms with van der Waals surface area (Å²) in [7, 11) is 4.24. The molecule has 0 N–H and O–H groups in total. The molecular formula is C37H55FN4O4S. The van der Waals surface area contributed by atoms with Crippen LogP contribution in [0.1, 0.15) is 72.3 Å². The van der Waals surface area contributed by atoms with Crippen LogP contribution in [-0.2, 0) is 10.2 Å². The Kier molecular flexibility index (Phi) is 16.6. The van der Waals surface area contributed by atoms with Crippen molar-refractivity contribution in [2.75, 3.05) is 51.4 Å². The molecule has 1 saturated heterocycles. The Labute approximate surface area is 286 Å².